The molecule has 102 valence electrons. The van der Waals surface area contributed by atoms with Gasteiger partial charge in [-0.2, -0.15) is 0 Å². The Morgan fingerprint density at radius 3 is 2.50 bits per heavy atom. The fraction of sp³-hybridized carbons (Fsp3) is 0.235. The molecule has 1 aliphatic carbocycles. The Morgan fingerprint density at radius 1 is 1.05 bits per heavy atom. The molecule has 0 aliphatic heterocycles. The first-order valence-electron chi connectivity index (χ1n) is 6.76. The van der Waals surface area contributed by atoms with E-state index in [0.29, 0.717) is 23.6 Å². The Morgan fingerprint density at radius 2 is 1.85 bits per heavy atom. The zero-order valence-electron chi connectivity index (χ0n) is 11.0. The standard InChI is InChI=1S/C17H15ClO2/c18-16-10-13(12-4-2-1-3-5-12)6-9-17(16)20-15-8-7-14(19)11-15/h1-6,9-10,15H,7-8,11H2. The van der Waals surface area contributed by atoms with Crippen LogP contribution in [0, 0.1) is 0 Å². The van der Waals surface area contributed by atoms with Crippen LogP contribution in [-0.4, -0.2) is 11.9 Å². The third-order valence-corrected chi connectivity index (χ3v) is 3.83. The fourth-order valence-corrected chi connectivity index (χ4v) is 2.69. The number of ether oxygens (including phenoxy) is 1. The Kier molecular flexibility index (Phi) is 3.75. The van der Waals surface area contributed by atoms with E-state index in [0.717, 1.165) is 17.5 Å². The second-order valence-corrected chi connectivity index (χ2v) is 5.44. The minimum atomic E-state index is -0.0254. The van der Waals surface area contributed by atoms with E-state index in [4.69, 9.17) is 16.3 Å². The van der Waals surface area contributed by atoms with Gasteiger partial charge in [0.2, 0.25) is 0 Å². The third-order valence-electron chi connectivity index (χ3n) is 3.53. The molecule has 1 saturated carbocycles. The minimum absolute atomic E-state index is 0.0254. The summed E-state index contributed by atoms with van der Waals surface area (Å²) in [5.74, 6) is 0.929. The highest BCUT2D eigenvalue weighted by molar-refractivity contribution is 6.32. The van der Waals surface area contributed by atoms with Gasteiger partial charge in [-0.3, -0.25) is 4.79 Å². The molecule has 2 nitrogen and oxygen atoms in total. The summed E-state index contributed by atoms with van der Waals surface area (Å²) in [7, 11) is 0. The van der Waals surface area contributed by atoms with Gasteiger partial charge in [-0.25, -0.2) is 0 Å². The number of hydrogen-bond donors (Lipinski definition) is 0. The van der Waals surface area contributed by atoms with E-state index in [9.17, 15) is 4.79 Å². The molecule has 0 spiro atoms. The smallest absolute Gasteiger partial charge is 0.138 e. The lowest BCUT2D eigenvalue weighted by Crippen LogP contribution is -2.12. The molecule has 1 unspecified atom stereocenters. The molecular formula is C17H15ClO2. The van der Waals surface area contributed by atoms with Gasteiger partial charge in [0.1, 0.15) is 17.6 Å². The van der Waals surface area contributed by atoms with Crippen molar-refractivity contribution in [2.45, 2.75) is 25.4 Å². The molecule has 3 heteroatoms. The molecule has 3 rings (SSSR count). The summed E-state index contributed by atoms with van der Waals surface area (Å²) in [4.78, 5) is 11.3. The number of hydrogen-bond acceptors (Lipinski definition) is 2. The summed E-state index contributed by atoms with van der Waals surface area (Å²) < 4.78 is 5.81. The molecule has 2 aromatic rings. The first-order chi connectivity index (χ1) is 9.72. The van der Waals surface area contributed by atoms with E-state index >= 15 is 0 Å². The summed E-state index contributed by atoms with van der Waals surface area (Å²) in [5.41, 5.74) is 2.18. The quantitative estimate of drug-likeness (QED) is 0.830. The van der Waals surface area contributed by atoms with Crippen LogP contribution in [0.1, 0.15) is 19.3 Å². The molecule has 0 amide bonds. The van der Waals surface area contributed by atoms with E-state index in [-0.39, 0.29) is 11.9 Å². The van der Waals surface area contributed by atoms with Gasteiger partial charge in [-0.15, -0.1) is 0 Å². The van der Waals surface area contributed by atoms with Crippen molar-refractivity contribution in [1.29, 1.82) is 0 Å². The number of carbonyl (C=O) groups is 1. The van der Waals surface area contributed by atoms with Gasteiger partial charge in [0.05, 0.1) is 5.02 Å². The Hall–Kier alpha value is -1.80. The molecule has 0 heterocycles. The van der Waals surface area contributed by atoms with E-state index in [2.05, 4.69) is 0 Å². The molecule has 0 radical (unpaired) electrons. The van der Waals surface area contributed by atoms with Gasteiger partial charge in [0.15, 0.2) is 0 Å². The minimum Gasteiger partial charge on any atom is -0.488 e. The van der Waals surface area contributed by atoms with Crippen LogP contribution in [0.2, 0.25) is 5.02 Å². The number of Topliss-reactive ketones (excluding diaryl/α,β-unsaturated/α-hetero) is 1. The van der Waals surface area contributed by atoms with Gasteiger partial charge < -0.3 is 4.74 Å². The lowest BCUT2D eigenvalue weighted by Gasteiger charge is -2.14. The predicted molar refractivity (Wildman–Crippen MR) is 80.2 cm³/mol. The lowest BCUT2D eigenvalue weighted by atomic mass is 10.1. The molecular weight excluding hydrogens is 272 g/mol. The first kappa shape index (κ1) is 13.2. The highest BCUT2D eigenvalue weighted by Crippen LogP contribution is 2.32. The maximum absolute atomic E-state index is 11.3. The summed E-state index contributed by atoms with van der Waals surface area (Å²) in [6.07, 6.45) is 1.87. The lowest BCUT2D eigenvalue weighted by molar-refractivity contribution is -0.117. The van der Waals surface area contributed by atoms with Crippen LogP contribution >= 0.6 is 11.6 Å². The highest BCUT2D eigenvalue weighted by Gasteiger charge is 2.24. The second kappa shape index (κ2) is 5.68. The molecule has 2 aromatic carbocycles. The fourth-order valence-electron chi connectivity index (χ4n) is 2.47. The topological polar surface area (TPSA) is 26.3 Å². The van der Waals surface area contributed by atoms with Crippen LogP contribution in [0.5, 0.6) is 5.75 Å². The zero-order chi connectivity index (χ0) is 13.9. The van der Waals surface area contributed by atoms with Crippen LogP contribution in [0.3, 0.4) is 0 Å². The summed E-state index contributed by atoms with van der Waals surface area (Å²) in [5, 5.41) is 0.589. The predicted octanol–water partition coefficient (Wildman–Crippen LogP) is 4.51. The van der Waals surface area contributed by atoms with Crippen LogP contribution in [0.15, 0.2) is 48.5 Å². The number of ketones is 1. The summed E-state index contributed by atoms with van der Waals surface area (Å²) in [6.45, 7) is 0. The summed E-state index contributed by atoms with van der Waals surface area (Å²) >= 11 is 6.28. The Labute approximate surface area is 123 Å². The molecule has 0 aromatic heterocycles. The molecule has 20 heavy (non-hydrogen) atoms. The van der Waals surface area contributed by atoms with Crippen LogP contribution in [-0.2, 0) is 4.79 Å². The van der Waals surface area contributed by atoms with Gasteiger partial charge >= 0.3 is 0 Å². The average molecular weight is 287 g/mol. The van der Waals surface area contributed by atoms with Crippen molar-refractivity contribution in [2.75, 3.05) is 0 Å². The van der Waals surface area contributed by atoms with Gasteiger partial charge in [0.25, 0.3) is 0 Å². The number of halogens is 1. The van der Waals surface area contributed by atoms with E-state index in [1.54, 1.807) is 0 Å². The number of benzene rings is 2. The van der Waals surface area contributed by atoms with Crippen LogP contribution < -0.4 is 4.74 Å². The number of carbonyl (C=O) groups excluding carboxylic acids is 1. The zero-order valence-corrected chi connectivity index (χ0v) is 11.8. The summed E-state index contributed by atoms with van der Waals surface area (Å²) in [6, 6.07) is 15.8. The van der Waals surface area contributed by atoms with Crippen molar-refractivity contribution in [3.05, 3.63) is 53.6 Å². The van der Waals surface area contributed by atoms with Crippen LogP contribution in [0.4, 0.5) is 0 Å². The monoisotopic (exact) mass is 286 g/mol. The Bertz CT molecular complexity index is 622. The SMILES string of the molecule is O=C1CCC(Oc2ccc(-c3ccccc3)cc2Cl)C1. The molecule has 1 aliphatic rings. The van der Waals surface area contributed by atoms with E-state index in [1.165, 1.54) is 0 Å². The molecule has 0 N–H and O–H groups in total. The largest absolute Gasteiger partial charge is 0.488 e. The van der Waals surface area contributed by atoms with Crippen LogP contribution in [0.25, 0.3) is 11.1 Å². The molecule has 0 saturated heterocycles. The van der Waals surface area contributed by atoms with E-state index in [1.807, 2.05) is 48.5 Å². The number of rotatable bonds is 3. The maximum atomic E-state index is 11.3. The van der Waals surface area contributed by atoms with Crippen molar-refractivity contribution in [3.8, 4) is 16.9 Å². The van der Waals surface area contributed by atoms with Crippen molar-refractivity contribution >= 4 is 17.4 Å². The third kappa shape index (κ3) is 2.86. The second-order valence-electron chi connectivity index (χ2n) is 5.03. The van der Waals surface area contributed by atoms with Crippen molar-refractivity contribution in [1.82, 2.24) is 0 Å². The first-order valence-corrected chi connectivity index (χ1v) is 7.13. The van der Waals surface area contributed by atoms with Crippen molar-refractivity contribution in [2.24, 2.45) is 0 Å². The van der Waals surface area contributed by atoms with E-state index < -0.39 is 0 Å². The molecule has 1 atom stereocenters. The molecule has 0 bridgehead atoms. The average Bonchev–Trinajstić information content (AvgIpc) is 2.87. The maximum Gasteiger partial charge on any atom is 0.138 e. The molecule has 1 fully saturated rings. The Balaban J connectivity index is 1.79. The van der Waals surface area contributed by atoms with Crippen molar-refractivity contribution < 1.29 is 9.53 Å². The van der Waals surface area contributed by atoms with Gasteiger partial charge in [0, 0.05) is 12.8 Å². The van der Waals surface area contributed by atoms with Crippen molar-refractivity contribution in [3.63, 3.8) is 0 Å². The highest BCUT2D eigenvalue weighted by atomic mass is 35.5. The van der Waals surface area contributed by atoms with Gasteiger partial charge in [-0.1, -0.05) is 48.0 Å². The van der Waals surface area contributed by atoms with Gasteiger partial charge in [-0.05, 0) is 29.7 Å². The normalized spacial score (nSPS) is 18.2.